The number of nitrogens with zero attached hydrogens (tertiary/aromatic N) is 1. The highest BCUT2D eigenvalue weighted by molar-refractivity contribution is 5.97. The van der Waals surface area contributed by atoms with Crippen LogP contribution in [0, 0.1) is 10.1 Å². The minimum atomic E-state index is -1.07. The van der Waals surface area contributed by atoms with E-state index in [0.29, 0.717) is 6.61 Å². The molecule has 0 unspecified atom stereocenters. The molecule has 0 spiro atoms. The summed E-state index contributed by atoms with van der Waals surface area (Å²) in [5, 5.41) is 13.2. The maximum atomic E-state index is 12.0. The van der Waals surface area contributed by atoms with Crippen molar-refractivity contribution in [1.82, 2.24) is 5.32 Å². The predicted octanol–water partition coefficient (Wildman–Crippen LogP) is 0.485. The van der Waals surface area contributed by atoms with Crippen molar-refractivity contribution in [2.45, 2.75) is 13.0 Å². The third-order valence-electron chi connectivity index (χ3n) is 2.73. The molecule has 0 aliphatic heterocycles. The van der Waals surface area contributed by atoms with E-state index < -0.39 is 22.9 Å². The summed E-state index contributed by atoms with van der Waals surface area (Å²) >= 11 is 0. The topological polar surface area (TPSA) is 134 Å². The second-order valence-corrected chi connectivity index (χ2v) is 4.36. The quantitative estimate of drug-likeness (QED) is 0.246. The molecule has 120 valence electrons. The zero-order chi connectivity index (χ0) is 16.7. The lowest BCUT2D eigenvalue weighted by Gasteiger charge is -2.14. The second kappa shape index (κ2) is 7.93. The van der Waals surface area contributed by atoms with E-state index in [2.05, 4.69) is 5.32 Å². The van der Waals surface area contributed by atoms with Crippen LogP contribution in [0.2, 0.25) is 0 Å². The average Bonchev–Trinajstić information content (AvgIpc) is 2.47. The van der Waals surface area contributed by atoms with Gasteiger partial charge in [-0.15, -0.1) is 0 Å². The smallest absolute Gasteiger partial charge is 0.341 e. The number of nitrogen functional groups attached to an aromatic ring is 1. The molecule has 1 atom stereocenters. The number of anilines is 1. The molecule has 3 N–H and O–H groups in total. The number of ether oxygens (including phenoxy) is 2. The highest BCUT2D eigenvalue weighted by atomic mass is 16.6. The van der Waals surface area contributed by atoms with Crippen molar-refractivity contribution in [1.29, 1.82) is 0 Å². The number of non-ortho nitro benzene ring substituents is 1. The fourth-order valence-electron chi connectivity index (χ4n) is 1.53. The molecular weight excluding hydrogens is 294 g/mol. The predicted molar refractivity (Wildman–Crippen MR) is 77.3 cm³/mol. The molecule has 0 aliphatic rings. The summed E-state index contributed by atoms with van der Waals surface area (Å²) < 4.78 is 9.72. The number of carbonyl (C=O) groups excluding carboxylic acids is 2. The van der Waals surface area contributed by atoms with Gasteiger partial charge < -0.3 is 20.5 Å². The molecule has 0 aromatic heterocycles. The minimum absolute atomic E-state index is 0.0302. The van der Waals surface area contributed by atoms with Gasteiger partial charge >= 0.3 is 5.97 Å². The molecule has 0 fully saturated rings. The number of nitro benzene ring substituents is 1. The van der Waals surface area contributed by atoms with Crippen molar-refractivity contribution in [3.63, 3.8) is 0 Å². The summed E-state index contributed by atoms with van der Waals surface area (Å²) in [6, 6.07) is 3.41. The van der Waals surface area contributed by atoms with Crippen LogP contribution < -0.4 is 11.1 Å². The number of methoxy groups -OCH3 is 1. The van der Waals surface area contributed by atoms with Crippen LogP contribution in [0.15, 0.2) is 18.2 Å². The van der Waals surface area contributed by atoms with Gasteiger partial charge in [0, 0.05) is 31.5 Å². The van der Waals surface area contributed by atoms with Crippen molar-refractivity contribution in [3.05, 3.63) is 33.9 Å². The number of nitro groups is 1. The van der Waals surface area contributed by atoms with E-state index in [0.717, 1.165) is 6.07 Å². The monoisotopic (exact) mass is 311 g/mol. The van der Waals surface area contributed by atoms with Crippen LogP contribution >= 0.6 is 0 Å². The number of carbonyl (C=O) groups is 2. The molecule has 9 nitrogen and oxygen atoms in total. The van der Waals surface area contributed by atoms with E-state index in [-0.39, 0.29) is 23.5 Å². The standard InChI is InChI=1S/C13H17N3O6/c1-8(12(17)15-5-6-21-2)22-13(18)10-7-9(16(19)20)3-4-11(10)14/h3-4,7-8H,5-6,14H2,1-2H3,(H,15,17)/t8-/m0/s1. The lowest BCUT2D eigenvalue weighted by molar-refractivity contribution is -0.384. The van der Waals surface area contributed by atoms with Gasteiger partial charge in [0.15, 0.2) is 6.10 Å². The summed E-state index contributed by atoms with van der Waals surface area (Å²) in [6.07, 6.45) is -1.07. The van der Waals surface area contributed by atoms with Crippen molar-refractivity contribution in [3.8, 4) is 0 Å². The Labute approximate surface area is 126 Å². The van der Waals surface area contributed by atoms with Gasteiger partial charge in [0.25, 0.3) is 11.6 Å². The number of benzene rings is 1. The molecule has 9 heteroatoms. The van der Waals surface area contributed by atoms with Gasteiger partial charge in [-0.25, -0.2) is 4.79 Å². The number of nitrogens with one attached hydrogen (secondary N) is 1. The molecule has 1 amide bonds. The molecular formula is C13H17N3O6. The van der Waals surface area contributed by atoms with Crippen LogP contribution in [-0.2, 0) is 14.3 Å². The third kappa shape index (κ3) is 4.70. The number of nitrogens with two attached hydrogens (primary N) is 1. The van der Waals surface area contributed by atoms with Crippen LogP contribution in [0.5, 0.6) is 0 Å². The van der Waals surface area contributed by atoms with Gasteiger partial charge in [0.1, 0.15) is 0 Å². The highest BCUT2D eigenvalue weighted by Gasteiger charge is 2.22. The normalized spacial score (nSPS) is 11.5. The zero-order valence-corrected chi connectivity index (χ0v) is 12.2. The van der Waals surface area contributed by atoms with E-state index in [1.54, 1.807) is 0 Å². The van der Waals surface area contributed by atoms with Crippen molar-refractivity contribution >= 4 is 23.3 Å². The Hall–Kier alpha value is -2.68. The summed E-state index contributed by atoms with van der Waals surface area (Å²) in [5.74, 6) is -1.41. The van der Waals surface area contributed by atoms with Crippen LogP contribution in [0.1, 0.15) is 17.3 Å². The summed E-state index contributed by atoms with van der Waals surface area (Å²) in [4.78, 5) is 33.7. The molecule has 22 heavy (non-hydrogen) atoms. The first-order valence-electron chi connectivity index (χ1n) is 6.38. The largest absolute Gasteiger partial charge is 0.449 e. The number of esters is 1. The molecule has 0 aliphatic carbocycles. The van der Waals surface area contributed by atoms with Gasteiger partial charge in [0.2, 0.25) is 0 Å². The first-order chi connectivity index (χ1) is 10.4. The van der Waals surface area contributed by atoms with Crippen molar-refractivity contribution in [2.75, 3.05) is 26.0 Å². The maximum Gasteiger partial charge on any atom is 0.341 e. The van der Waals surface area contributed by atoms with Gasteiger partial charge in [-0.2, -0.15) is 0 Å². The summed E-state index contributed by atoms with van der Waals surface area (Å²) in [7, 11) is 1.49. The molecule has 1 rings (SSSR count). The first kappa shape index (κ1) is 17.4. The van der Waals surface area contributed by atoms with Gasteiger partial charge in [0.05, 0.1) is 17.1 Å². The molecule has 0 saturated heterocycles. The van der Waals surface area contributed by atoms with Gasteiger partial charge in [-0.05, 0) is 13.0 Å². The van der Waals surface area contributed by atoms with E-state index in [4.69, 9.17) is 15.2 Å². The Morgan fingerprint density at radius 1 is 1.45 bits per heavy atom. The Balaban J connectivity index is 2.74. The molecule has 0 heterocycles. The number of amides is 1. The number of hydrogen-bond donors (Lipinski definition) is 2. The number of hydrogen-bond acceptors (Lipinski definition) is 7. The van der Waals surface area contributed by atoms with Crippen LogP contribution in [0.4, 0.5) is 11.4 Å². The Bertz CT molecular complexity index is 575. The maximum absolute atomic E-state index is 12.0. The fourth-order valence-corrected chi connectivity index (χ4v) is 1.53. The van der Waals surface area contributed by atoms with E-state index in [1.807, 2.05) is 0 Å². The number of rotatable bonds is 7. The molecule has 0 bridgehead atoms. The molecule has 0 saturated carbocycles. The third-order valence-corrected chi connectivity index (χ3v) is 2.73. The van der Waals surface area contributed by atoms with Crippen LogP contribution in [-0.4, -0.2) is 43.2 Å². The lowest BCUT2D eigenvalue weighted by Crippen LogP contribution is -2.37. The lowest BCUT2D eigenvalue weighted by atomic mass is 10.1. The molecule has 0 radical (unpaired) electrons. The molecule has 1 aromatic carbocycles. The van der Waals surface area contributed by atoms with Crippen LogP contribution in [0.25, 0.3) is 0 Å². The van der Waals surface area contributed by atoms with Gasteiger partial charge in [-0.3, -0.25) is 14.9 Å². The molecule has 1 aromatic rings. The Morgan fingerprint density at radius 2 is 2.14 bits per heavy atom. The zero-order valence-electron chi connectivity index (χ0n) is 12.2. The van der Waals surface area contributed by atoms with E-state index in [1.165, 1.54) is 26.2 Å². The Kier molecular flexibility index (Phi) is 6.26. The Morgan fingerprint density at radius 3 is 2.73 bits per heavy atom. The summed E-state index contributed by atoms with van der Waals surface area (Å²) in [6.45, 7) is 1.98. The average molecular weight is 311 g/mol. The minimum Gasteiger partial charge on any atom is -0.449 e. The van der Waals surface area contributed by atoms with Crippen molar-refractivity contribution in [2.24, 2.45) is 0 Å². The first-order valence-corrected chi connectivity index (χ1v) is 6.38. The second-order valence-electron chi connectivity index (χ2n) is 4.36. The van der Waals surface area contributed by atoms with Gasteiger partial charge in [-0.1, -0.05) is 0 Å². The van der Waals surface area contributed by atoms with E-state index in [9.17, 15) is 19.7 Å². The fraction of sp³-hybridized carbons (Fsp3) is 0.385. The van der Waals surface area contributed by atoms with Crippen molar-refractivity contribution < 1.29 is 24.0 Å². The van der Waals surface area contributed by atoms with E-state index >= 15 is 0 Å². The SMILES string of the molecule is COCCNC(=O)[C@H](C)OC(=O)c1cc([N+](=O)[O-])ccc1N. The highest BCUT2D eigenvalue weighted by Crippen LogP contribution is 2.20. The van der Waals surface area contributed by atoms with Crippen LogP contribution in [0.3, 0.4) is 0 Å². The summed E-state index contributed by atoms with van der Waals surface area (Å²) in [5.41, 5.74) is 5.18.